The summed E-state index contributed by atoms with van der Waals surface area (Å²) >= 11 is 0. The molecule has 0 radical (unpaired) electrons. The van der Waals surface area contributed by atoms with Crippen LogP contribution in [-0.2, 0) is 27.8 Å². The molecule has 1 aliphatic heterocycles. The summed E-state index contributed by atoms with van der Waals surface area (Å²) in [5.41, 5.74) is 0.860. The lowest BCUT2D eigenvalue weighted by molar-refractivity contribution is -0.170. The van der Waals surface area contributed by atoms with Gasteiger partial charge >= 0.3 is 12.1 Å². The number of nitrogens with zero attached hydrogens (tertiary/aromatic N) is 3. The Morgan fingerprint density at radius 2 is 1.94 bits per heavy atom. The molecule has 0 bridgehead atoms. The summed E-state index contributed by atoms with van der Waals surface area (Å²) in [6.07, 6.45) is -2.85. The summed E-state index contributed by atoms with van der Waals surface area (Å²) in [7, 11) is -3.96. The molecule has 1 N–H and O–H groups in total. The van der Waals surface area contributed by atoms with Crippen LogP contribution in [0.1, 0.15) is 30.0 Å². The van der Waals surface area contributed by atoms with Crippen molar-refractivity contribution < 1.29 is 26.4 Å². The van der Waals surface area contributed by atoms with Crippen LogP contribution in [0.4, 0.5) is 18.9 Å². The minimum absolute atomic E-state index is 0.0391. The van der Waals surface area contributed by atoms with Crippen LogP contribution in [0.5, 0.6) is 0 Å². The molecule has 0 spiro atoms. The van der Waals surface area contributed by atoms with Gasteiger partial charge in [0, 0.05) is 30.8 Å². The highest BCUT2D eigenvalue weighted by Crippen LogP contribution is 2.38. The van der Waals surface area contributed by atoms with Gasteiger partial charge in [0.05, 0.1) is 17.1 Å². The molecule has 4 rings (SSSR count). The molecule has 1 fully saturated rings. The predicted octanol–water partition coefficient (Wildman–Crippen LogP) is 1.55. The van der Waals surface area contributed by atoms with Gasteiger partial charge < -0.3 is 4.90 Å². The molecule has 1 aromatic carbocycles. The molecule has 166 valence electrons. The second-order valence-electron chi connectivity index (χ2n) is 7.49. The van der Waals surface area contributed by atoms with Gasteiger partial charge in [0.25, 0.3) is 5.56 Å². The zero-order valence-electron chi connectivity index (χ0n) is 16.2. The molecular formula is C19H19F3N4O4S. The van der Waals surface area contributed by atoms with Gasteiger partial charge in [-0.1, -0.05) is 0 Å². The van der Waals surface area contributed by atoms with Crippen molar-refractivity contribution in [2.75, 3.05) is 18.0 Å². The third-order valence-corrected chi connectivity index (χ3v) is 6.70. The Labute approximate surface area is 175 Å². The lowest BCUT2D eigenvalue weighted by atomic mass is 10.2. The van der Waals surface area contributed by atoms with Gasteiger partial charge in [-0.2, -0.15) is 18.3 Å². The number of rotatable bonds is 6. The van der Waals surface area contributed by atoms with Crippen molar-refractivity contribution in [3.8, 4) is 0 Å². The van der Waals surface area contributed by atoms with Crippen LogP contribution in [-0.4, -0.2) is 43.4 Å². The Kier molecular flexibility index (Phi) is 5.38. The van der Waals surface area contributed by atoms with E-state index in [-0.39, 0.29) is 42.2 Å². The maximum atomic E-state index is 12.7. The Morgan fingerprint density at radius 1 is 1.19 bits per heavy atom. The Bertz CT molecular complexity index is 1190. The fourth-order valence-corrected chi connectivity index (χ4v) is 4.57. The summed E-state index contributed by atoms with van der Waals surface area (Å²) in [5.74, 6) is -1.63. The van der Waals surface area contributed by atoms with Gasteiger partial charge in [0.1, 0.15) is 0 Å². The van der Waals surface area contributed by atoms with Gasteiger partial charge in [0.15, 0.2) is 0 Å². The Morgan fingerprint density at radius 3 is 2.61 bits per heavy atom. The van der Waals surface area contributed by atoms with Crippen LogP contribution in [0.3, 0.4) is 0 Å². The molecule has 8 nitrogen and oxygen atoms in total. The molecule has 2 heterocycles. The first-order valence-corrected chi connectivity index (χ1v) is 11.1. The lowest BCUT2D eigenvalue weighted by Gasteiger charge is -2.19. The van der Waals surface area contributed by atoms with E-state index in [0.717, 1.165) is 24.6 Å². The average Bonchev–Trinajstić information content (AvgIpc) is 3.47. The lowest BCUT2D eigenvalue weighted by Crippen LogP contribution is -2.40. The molecule has 1 aromatic heterocycles. The SMILES string of the molecule is O=C(N1CCc2cc(S(=O)(=O)NCCn3nc(C4CC4)ccc3=O)ccc21)C(F)(F)F. The summed E-state index contributed by atoms with van der Waals surface area (Å²) < 4.78 is 66.9. The van der Waals surface area contributed by atoms with E-state index in [0.29, 0.717) is 16.4 Å². The van der Waals surface area contributed by atoms with E-state index >= 15 is 0 Å². The molecule has 2 aromatic rings. The van der Waals surface area contributed by atoms with Gasteiger partial charge in [-0.05, 0) is 49.1 Å². The molecule has 1 amide bonds. The molecule has 0 unspecified atom stereocenters. The second kappa shape index (κ2) is 7.75. The zero-order valence-corrected chi connectivity index (χ0v) is 17.0. The molecule has 1 saturated carbocycles. The quantitative estimate of drug-likeness (QED) is 0.711. The smallest absolute Gasteiger partial charge is 0.304 e. The monoisotopic (exact) mass is 456 g/mol. The molecule has 31 heavy (non-hydrogen) atoms. The highest BCUT2D eigenvalue weighted by molar-refractivity contribution is 7.89. The summed E-state index contributed by atoms with van der Waals surface area (Å²) in [4.78, 5) is 23.9. The van der Waals surface area contributed by atoms with Crippen molar-refractivity contribution in [3.63, 3.8) is 0 Å². The van der Waals surface area contributed by atoms with Crippen LogP contribution in [0.2, 0.25) is 0 Å². The van der Waals surface area contributed by atoms with Gasteiger partial charge in [0.2, 0.25) is 10.0 Å². The fraction of sp³-hybridized carbons (Fsp3) is 0.421. The first kappa shape index (κ1) is 21.5. The average molecular weight is 456 g/mol. The first-order valence-electron chi connectivity index (χ1n) is 9.65. The van der Waals surface area contributed by atoms with Crippen molar-refractivity contribution in [3.05, 3.63) is 51.9 Å². The minimum atomic E-state index is -5.00. The summed E-state index contributed by atoms with van der Waals surface area (Å²) in [6.45, 7) is -0.215. The summed E-state index contributed by atoms with van der Waals surface area (Å²) in [6, 6.07) is 6.70. The highest BCUT2D eigenvalue weighted by Gasteiger charge is 2.44. The second-order valence-corrected chi connectivity index (χ2v) is 9.25. The molecule has 2 aliphatic rings. The number of sulfonamides is 1. The van der Waals surface area contributed by atoms with Crippen LogP contribution in [0.15, 0.2) is 40.0 Å². The van der Waals surface area contributed by atoms with Crippen LogP contribution < -0.4 is 15.2 Å². The topological polar surface area (TPSA) is 101 Å². The van der Waals surface area contributed by atoms with Gasteiger partial charge in [-0.3, -0.25) is 9.59 Å². The number of alkyl halides is 3. The number of aromatic nitrogens is 2. The number of nitrogens with one attached hydrogen (secondary N) is 1. The number of anilines is 1. The van der Waals surface area contributed by atoms with Crippen molar-refractivity contribution in [2.24, 2.45) is 0 Å². The van der Waals surface area contributed by atoms with E-state index in [4.69, 9.17) is 0 Å². The number of carbonyl (C=O) groups excluding carboxylic acids is 1. The standard InChI is InChI=1S/C19H19F3N4O4S/c20-19(21,22)18(28)25-9-7-13-11-14(3-5-16(13)25)31(29,30)23-8-10-26-17(27)6-4-15(24-26)12-1-2-12/h3-6,11-12,23H,1-2,7-10H2. The van der Waals surface area contributed by atoms with E-state index in [1.54, 1.807) is 6.07 Å². The molecule has 12 heteroatoms. The Hall–Kier alpha value is -2.73. The van der Waals surface area contributed by atoms with E-state index in [1.807, 2.05) is 0 Å². The third kappa shape index (κ3) is 4.49. The van der Waals surface area contributed by atoms with E-state index in [2.05, 4.69) is 9.82 Å². The van der Waals surface area contributed by atoms with Crippen LogP contribution in [0.25, 0.3) is 0 Å². The number of halogens is 3. The van der Waals surface area contributed by atoms with Crippen molar-refractivity contribution >= 4 is 21.6 Å². The van der Waals surface area contributed by atoms with Crippen molar-refractivity contribution in [1.29, 1.82) is 0 Å². The number of fused-ring (bicyclic) bond motifs is 1. The number of hydrogen-bond donors (Lipinski definition) is 1. The maximum Gasteiger partial charge on any atom is 0.471 e. The number of carbonyl (C=O) groups is 1. The minimum Gasteiger partial charge on any atom is -0.304 e. The molecule has 0 saturated heterocycles. The fourth-order valence-electron chi connectivity index (χ4n) is 3.50. The maximum absolute atomic E-state index is 12.7. The van der Waals surface area contributed by atoms with Crippen molar-refractivity contribution in [1.82, 2.24) is 14.5 Å². The van der Waals surface area contributed by atoms with Crippen LogP contribution in [0, 0.1) is 0 Å². The number of amides is 1. The largest absolute Gasteiger partial charge is 0.471 e. The molecule has 1 aliphatic carbocycles. The van der Waals surface area contributed by atoms with Crippen molar-refractivity contribution in [2.45, 2.75) is 42.8 Å². The summed E-state index contributed by atoms with van der Waals surface area (Å²) in [5, 5.41) is 4.26. The van der Waals surface area contributed by atoms with Gasteiger partial charge in [-0.25, -0.2) is 17.8 Å². The first-order chi connectivity index (χ1) is 14.6. The van der Waals surface area contributed by atoms with Crippen LogP contribution >= 0.6 is 0 Å². The number of hydrogen-bond acceptors (Lipinski definition) is 5. The predicted molar refractivity (Wildman–Crippen MR) is 104 cm³/mol. The Balaban J connectivity index is 1.45. The van der Waals surface area contributed by atoms with E-state index in [1.165, 1.54) is 22.9 Å². The number of benzene rings is 1. The normalized spacial score (nSPS) is 16.4. The van der Waals surface area contributed by atoms with Gasteiger partial charge in [-0.15, -0.1) is 0 Å². The third-order valence-electron chi connectivity index (χ3n) is 5.24. The highest BCUT2D eigenvalue weighted by atomic mass is 32.2. The van der Waals surface area contributed by atoms with E-state index in [9.17, 15) is 31.2 Å². The molecular weight excluding hydrogens is 437 g/mol. The van der Waals surface area contributed by atoms with E-state index < -0.39 is 22.1 Å². The zero-order chi connectivity index (χ0) is 22.4. The molecule has 0 atom stereocenters.